The van der Waals surface area contributed by atoms with Gasteiger partial charge in [0.2, 0.25) is 15.9 Å². The predicted octanol–water partition coefficient (Wildman–Crippen LogP) is 4.67. The van der Waals surface area contributed by atoms with E-state index in [9.17, 15) is 13.2 Å². The second kappa shape index (κ2) is 11.9. The van der Waals surface area contributed by atoms with Crippen molar-refractivity contribution in [2.45, 2.75) is 31.2 Å². The van der Waals surface area contributed by atoms with Gasteiger partial charge in [-0.15, -0.1) is 0 Å². The highest BCUT2D eigenvalue weighted by Crippen LogP contribution is 2.27. The zero-order valence-corrected chi connectivity index (χ0v) is 20.5. The second-order valence-electron chi connectivity index (χ2n) is 7.34. The Kier molecular flexibility index (Phi) is 8.92. The molecule has 3 rings (SSSR count). The van der Waals surface area contributed by atoms with Crippen LogP contribution in [0.2, 0.25) is 5.02 Å². The summed E-state index contributed by atoms with van der Waals surface area (Å²) in [5.41, 5.74) is 1.33. The molecule has 0 spiro atoms. The smallest absolute Gasteiger partial charge is 0.242 e. The highest BCUT2D eigenvalue weighted by Gasteiger charge is 2.27. The van der Waals surface area contributed by atoms with Gasteiger partial charge < -0.3 is 14.8 Å². The van der Waals surface area contributed by atoms with Crippen LogP contribution >= 0.6 is 11.6 Å². The summed E-state index contributed by atoms with van der Waals surface area (Å²) in [7, 11) is -4.06. The zero-order chi connectivity index (χ0) is 24.6. The molecule has 0 aliphatic carbocycles. The molecule has 0 saturated heterocycles. The molecule has 3 aromatic rings. The lowest BCUT2D eigenvalue weighted by atomic mass is 10.1. The summed E-state index contributed by atoms with van der Waals surface area (Å²) < 4.78 is 39.6. The SMILES string of the molecule is CCOc1ccc(NC(=O)[C@@H](Cc2ccccc2)NS(=O)(=O)c2ccc(OCC)c(Cl)c2)cc1. The number of carbonyl (C=O) groups is 1. The molecule has 3 aromatic carbocycles. The number of hydrogen-bond acceptors (Lipinski definition) is 5. The van der Waals surface area contributed by atoms with Crippen LogP contribution in [-0.4, -0.2) is 33.6 Å². The van der Waals surface area contributed by atoms with E-state index in [1.807, 2.05) is 37.3 Å². The standard InChI is InChI=1S/C25H27ClN2O5S/c1-3-32-20-12-10-19(11-13-20)27-25(29)23(16-18-8-6-5-7-9-18)28-34(30,31)21-14-15-24(33-4-2)22(26)17-21/h5-15,17,23,28H,3-4,16H2,1-2H3,(H,27,29)/t23-/m1/s1. The summed E-state index contributed by atoms with van der Waals surface area (Å²) in [6, 6.07) is 19.2. The van der Waals surface area contributed by atoms with Crippen molar-refractivity contribution in [2.24, 2.45) is 0 Å². The average Bonchev–Trinajstić information content (AvgIpc) is 2.82. The molecule has 0 unspecified atom stereocenters. The third-order valence-corrected chi connectivity index (χ3v) is 6.61. The van der Waals surface area contributed by atoms with Crippen LogP contribution in [0, 0.1) is 0 Å². The third-order valence-electron chi connectivity index (χ3n) is 4.84. The topological polar surface area (TPSA) is 93.7 Å². The monoisotopic (exact) mass is 502 g/mol. The maximum atomic E-state index is 13.1. The van der Waals surface area contributed by atoms with Gasteiger partial charge in [0, 0.05) is 5.69 Å². The number of hydrogen-bond donors (Lipinski definition) is 2. The fraction of sp³-hybridized carbons (Fsp3) is 0.240. The molecular weight excluding hydrogens is 476 g/mol. The number of rotatable bonds is 11. The number of nitrogens with one attached hydrogen (secondary N) is 2. The number of amides is 1. The molecule has 1 amide bonds. The van der Waals surface area contributed by atoms with E-state index in [1.54, 1.807) is 31.2 Å². The maximum absolute atomic E-state index is 13.1. The normalized spacial score (nSPS) is 12.1. The first-order valence-corrected chi connectivity index (χ1v) is 12.7. The molecule has 0 saturated carbocycles. The lowest BCUT2D eigenvalue weighted by molar-refractivity contribution is -0.117. The van der Waals surface area contributed by atoms with Gasteiger partial charge in [-0.2, -0.15) is 4.72 Å². The van der Waals surface area contributed by atoms with Gasteiger partial charge in [-0.1, -0.05) is 41.9 Å². The van der Waals surface area contributed by atoms with Gasteiger partial charge in [-0.25, -0.2) is 8.42 Å². The Morgan fingerprint density at radius 3 is 2.24 bits per heavy atom. The number of ether oxygens (including phenoxy) is 2. The molecule has 0 fully saturated rings. The summed E-state index contributed by atoms with van der Waals surface area (Å²) >= 11 is 6.18. The van der Waals surface area contributed by atoms with Gasteiger partial charge in [-0.3, -0.25) is 4.79 Å². The van der Waals surface area contributed by atoms with Gasteiger partial charge in [0.05, 0.1) is 23.1 Å². The molecule has 180 valence electrons. The Balaban J connectivity index is 1.83. The van der Waals surface area contributed by atoms with Gasteiger partial charge in [0.1, 0.15) is 17.5 Å². The third kappa shape index (κ3) is 6.96. The van der Waals surface area contributed by atoms with Crippen molar-refractivity contribution >= 4 is 33.2 Å². The van der Waals surface area contributed by atoms with Gasteiger partial charge in [0.15, 0.2) is 0 Å². The largest absolute Gasteiger partial charge is 0.494 e. The lowest BCUT2D eigenvalue weighted by Crippen LogP contribution is -2.45. The number of benzene rings is 3. The predicted molar refractivity (Wildman–Crippen MR) is 133 cm³/mol. The fourth-order valence-electron chi connectivity index (χ4n) is 3.24. The lowest BCUT2D eigenvalue weighted by Gasteiger charge is -2.19. The molecule has 0 heterocycles. The second-order valence-corrected chi connectivity index (χ2v) is 9.46. The Bertz CT molecular complexity index is 1200. The van der Waals surface area contributed by atoms with Crippen LogP contribution in [0.3, 0.4) is 0 Å². The van der Waals surface area contributed by atoms with Gasteiger partial charge >= 0.3 is 0 Å². The molecule has 0 bridgehead atoms. The van der Waals surface area contributed by atoms with Crippen LogP contribution in [0.5, 0.6) is 11.5 Å². The number of halogens is 1. The van der Waals surface area contributed by atoms with Crippen molar-refractivity contribution in [3.8, 4) is 11.5 Å². The molecule has 1 atom stereocenters. The van der Waals surface area contributed by atoms with Crippen molar-refractivity contribution in [3.05, 3.63) is 83.4 Å². The first kappa shape index (κ1) is 25.6. The maximum Gasteiger partial charge on any atom is 0.242 e. The Hall–Kier alpha value is -3.07. The van der Waals surface area contributed by atoms with Crippen LogP contribution in [-0.2, 0) is 21.2 Å². The van der Waals surface area contributed by atoms with Crippen molar-refractivity contribution in [2.75, 3.05) is 18.5 Å². The van der Waals surface area contributed by atoms with E-state index >= 15 is 0 Å². The van der Waals surface area contributed by atoms with E-state index in [0.29, 0.717) is 30.4 Å². The summed E-state index contributed by atoms with van der Waals surface area (Å²) in [6.45, 7) is 4.62. The van der Waals surface area contributed by atoms with E-state index in [4.69, 9.17) is 21.1 Å². The minimum absolute atomic E-state index is 0.0621. The van der Waals surface area contributed by atoms with Crippen molar-refractivity contribution in [3.63, 3.8) is 0 Å². The Morgan fingerprint density at radius 2 is 1.62 bits per heavy atom. The van der Waals surface area contributed by atoms with Gasteiger partial charge in [0.25, 0.3) is 0 Å². The molecule has 2 N–H and O–H groups in total. The highest BCUT2D eigenvalue weighted by atomic mass is 35.5. The first-order valence-electron chi connectivity index (χ1n) is 10.8. The van der Waals surface area contributed by atoms with Crippen molar-refractivity contribution < 1.29 is 22.7 Å². The Morgan fingerprint density at radius 1 is 0.941 bits per heavy atom. The van der Waals surface area contributed by atoms with Crippen LogP contribution in [0.4, 0.5) is 5.69 Å². The minimum Gasteiger partial charge on any atom is -0.494 e. The molecular formula is C25H27ClN2O5S. The number of carbonyl (C=O) groups excluding carboxylic acids is 1. The molecule has 7 nitrogen and oxygen atoms in total. The fourth-order valence-corrected chi connectivity index (χ4v) is 4.77. The molecule has 0 aliphatic heterocycles. The summed E-state index contributed by atoms with van der Waals surface area (Å²) in [6.07, 6.45) is 0.160. The van der Waals surface area contributed by atoms with Gasteiger partial charge in [-0.05, 0) is 68.3 Å². The summed E-state index contributed by atoms with van der Waals surface area (Å²) in [5.74, 6) is 0.570. The quantitative estimate of drug-likeness (QED) is 0.397. The molecule has 9 heteroatoms. The minimum atomic E-state index is -4.06. The number of sulfonamides is 1. The van der Waals surface area contributed by atoms with Crippen LogP contribution in [0.1, 0.15) is 19.4 Å². The summed E-state index contributed by atoms with van der Waals surface area (Å²) in [4.78, 5) is 13.1. The first-order chi connectivity index (χ1) is 16.3. The number of anilines is 1. The molecule has 0 radical (unpaired) electrons. The van der Waals surface area contributed by atoms with E-state index < -0.39 is 22.0 Å². The van der Waals surface area contributed by atoms with E-state index in [-0.39, 0.29) is 16.3 Å². The van der Waals surface area contributed by atoms with Crippen LogP contribution < -0.4 is 19.5 Å². The zero-order valence-electron chi connectivity index (χ0n) is 19.0. The van der Waals surface area contributed by atoms with Crippen molar-refractivity contribution in [1.82, 2.24) is 4.72 Å². The van der Waals surface area contributed by atoms with E-state index in [2.05, 4.69) is 10.0 Å². The van der Waals surface area contributed by atoms with E-state index in [1.165, 1.54) is 18.2 Å². The van der Waals surface area contributed by atoms with Crippen LogP contribution in [0.15, 0.2) is 77.7 Å². The summed E-state index contributed by atoms with van der Waals surface area (Å²) in [5, 5.41) is 2.94. The highest BCUT2D eigenvalue weighted by molar-refractivity contribution is 7.89. The molecule has 0 aliphatic rings. The Labute approximate surface area is 205 Å². The molecule has 0 aromatic heterocycles. The molecule has 34 heavy (non-hydrogen) atoms. The average molecular weight is 503 g/mol. The van der Waals surface area contributed by atoms with E-state index in [0.717, 1.165) is 5.56 Å². The van der Waals surface area contributed by atoms with Crippen LogP contribution in [0.25, 0.3) is 0 Å². The van der Waals surface area contributed by atoms with Crippen molar-refractivity contribution in [1.29, 1.82) is 0 Å².